The molecule has 1 atom stereocenters. The third-order valence-corrected chi connectivity index (χ3v) is 4.39. The van der Waals surface area contributed by atoms with Crippen LogP contribution in [0.2, 0.25) is 10.0 Å². The molecule has 0 saturated heterocycles. The van der Waals surface area contributed by atoms with Crippen LogP contribution >= 0.6 is 23.2 Å². The number of carbonyl (C=O) groups excluding carboxylic acids is 1. The Kier molecular flexibility index (Phi) is 5.42. The van der Waals surface area contributed by atoms with Crippen molar-refractivity contribution in [3.8, 4) is 16.9 Å². The molecule has 3 aromatic rings. The summed E-state index contributed by atoms with van der Waals surface area (Å²) in [7, 11) is 0. The standard InChI is InChI=1S/C21H16Cl2O2/c1-14(21(24)16-7-10-18(22)11-8-16)25-20-12-9-17(13-19(20)23)15-5-3-2-4-6-15/h2-14H,1H3/t14-/m0/s1. The van der Waals surface area contributed by atoms with Gasteiger partial charge in [0.2, 0.25) is 5.78 Å². The van der Waals surface area contributed by atoms with Crippen LogP contribution in [0.15, 0.2) is 72.8 Å². The molecule has 0 bridgehead atoms. The van der Waals surface area contributed by atoms with Crippen LogP contribution in [0.3, 0.4) is 0 Å². The van der Waals surface area contributed by atoms with Gasteiger partial charge in [-0.3, -0.25) is 4.79 Å². The molecule has 0 spiro atoms. The number of halogens is 2. The van der Waals surface area contributed by atoms with E-state index in [4.69, 9.17) is 27.9 Å². The Labute approximate surface area is 157 Å². The molecule has 3 rings (SSSR count). The van der Waals surface area contributed by atoms with Gasteiger partial charge in [0.05, 0.1) is 5.02 Å². The number of rotatable bonds is 5. The van der Waals surface area contributed by atoms with Gasteiger partial charge in [0.15, 0.2) is 6.10 Å². The van der Waals surface area contributed by atoms with E-state index in [0.29, 0.717) is 21.4 Å². The molecule has 0 heterocycles. The van der Waals surface area contributed by atoms with Crippen molar-refractivity contribution in [1.82, 2.24) is 0 Å². The molecule has 0 unspecified atom stereocenters. The molecule has 0 aliphatic heterocycles. The second-order valence-electron chi connectivity index (χ2n) is 5.64. The number of hydrogen-bond acceptors (Lipinski definition) is 2. The number of Topliss-reactive ketones (excluding diaryl/α,β-unsaturated/α-hetero) is 1. The van der Waals surface area contributed by atoms with Gasteiger partial charge in [-0.2, -0.15) is 0 Å². The lowest BCUT2D eigenvalue weighted by atomic mass is 10.1. The molecule has 0 aliphatic carbocycles. The van der Waals surface area contributed by atoms with Crippen LogP contribution in [-0.4, -0.2) is 11.9 Å². The maximum atomic E-state index is 12.4. The topological polar surface area (TPSA) is 26.3 Å². The highest BCUT2D eigenvalue weighted by Gasteiger charge is 2.18. The molecule has 0 aromatic heterocycles. The van der Waals surface area contributed by atoms with Gasteiger partial charge in [-0.05, 0) is 54.4 Å². The minimum atomic E-state index is -0.652. The van der Waals surface area contributed by atoms with Crippen LogP contribution in [0, 0.1) is 0 Å². The van der Waals surface area contributed by atoms with Crippen molar-refractivity contribution in [3.63, 3.8) is 0 Å². The first-order valence-corrected chi connectivity index (χ1v) is 8.61. The fraction of sp³-hybridized carbons (Fsp3) is 0.0952. The van der Waals surface area contributed by atoms with E-state index < -0.39 is 6.10 Å². The summed E-state index contributed by atoms with van der Waals surface area (Å²) in [6.45, 7) is 1.71. The molecule has 0 fully saturated rings. The summed E-state index contributed by atoms with van der Waals surface area (Å²) in [5, 5.41) is 1.06. The number of carbonyl (C=O) groups is 1. The lowest BCUT2D eigenvalue weighted by Crippen LogP contribution is -2.24. The second-order valence-corrected chi connectivity index (χ2v) is 6.49. The number of ether oxygens (including phenoxy) is 1. The average Bonchev–Trinajstić information content (AvgIpc) is 2.64. The molecule has 0 N–H and O–H groups in total. The molecule has 0 radical (unpaired) electrons. The fourth-order valence-corrected chi connectivity index (χ4v) is 2.85. The third-order valence-electron chi connectivity index (χ3n) is 3.84. The van der Waals surface area contributed by atoms with Crippen molar-refractivity contribution in [1.29, 1.82) is 0 Å². The Morgan fingerprint density at radius 2 is 1.56 bits per heavy atom. The van der Waals surface area contributed by atoms with Gasteiger partial charge in [0.1, 0.15) is 5.75 Å². The summed E-state index contributed by atoms with van der Waals surface area (Å²) in [6, 6.07) is 22.2. The van der Waals surface area contributed by atoms with Gasteiger partial charge < -0.3 is 4.74 Å². The molecule has 126 valence electrons. The number of benzene rings is 3. The summed E-state index contributed by atoms with van der Waals surface area (Å²) in [4.78, 5) is 12.4. The molecule has 0 saturated carbocycles. The van der Waals surface area contributed by atoms with E-state index in [-0.39, 0.29) is 5.78 Å². The Balaban J connectivity index is 1.76. The smallest absolute Gasteiger partial charge is 0.202 e. The first-order chi connectivity index (χ1) is 12.0. The SMILES string of the molecule is C[C@H](Oc1ccc(-c2ccccc2)cc1Cl)C(=O)c1ccc(Cl)cc1. The zero-order valence-electron chi connectivity index (χ0n) is 13.6. The molecule has 2 nitrogen and oxygen atoms in total. The molecule has 0 amide bonds. The van der Waals surface area contributed by atoms with Gasteiger partial charge in [0, 0.05) is 10.6 Å². The number of hydrogen-bond donors (Lipinski definition) is 0. The third kappa shape index (κ3) is 4.22. The van der Waals surface area contributed by atoms with E-state index >= 15 is 0 Å². The van der Waals surface area contributed by atoms with Gasteiger partial charge in [-0.25, -0.2) is 0 Å². The molecule has 25 heavy (non-hydrogen) atoms. The van der Waals surface area contributed by atoms with Gasteiger partial charge in [0.25, 0.3) is 0 Å². The van der Waals surface area contributed by atoms with E-state index in [1.165, 1.54) is 0 Å². The van der Waals surface area contributed by atoms with Crippen LogP contribution in [0.4, 0.5) is 0 Å². The van der Waals surface area contributed by atoms with E-state index in [2.05, 4.69) is 0 Å². The highest BCUT2D eigenvalue weighted by atomic mass is 35.5. The predicted molar refractivity (Wildman–Crippen MR) is 103 cm³/mol. The predicted octanol–water partition coefficient (Wildman–Crippen LogP) is 6.31. The highest BCUT2D eigenvalue weighted by Crippen LogP contribution is 2.31. The Morgan fingerprint density at radius 3 is 2.20 bits per heavy atom. The van der Waals surface area contributed by atoms with E-state index in [1.807, 2.05) is 42.5 Å². The second kappa shape index (κ2) is 7.73. The molecule has 3 aromatic carbocycles. The lowest BCUT2D eigenvalue weighted by molar-refractivity contribution is 0.0818. The lowest BCUT2D eigenvalue weighted by Gasteiger charge is -2.15. The fourth-order valence-electron chi connectivity index (χ4n) is 2.50. The first kappa shape index (κ1) is 17.5. The quantitative estimate of drug-likeness (QED) is 0.491. The molecular weight excluding hydrogens is 355 g/mol. The maximum Gasteiger partial charge on any atom is 0.202 e. The summed E-state index contributed by atoms with van der Waals surface area (Å²) >= 11 is 12.2. The highest BCUT2D eigenvalue weighted by molar-refractivity contribution is 6.32. The van der Waals surface area contributed by atoms with Crippen LogP contribution in [-0.2, 0) is 0 Å². The summed E-state index contributed by atoms with van der Waals surface area (Å²) in [5.41, 5.74) is 2.62. The first-order valence-electron chi connectivity index (χ1n) is 7.86. The summed E-state index contributed by atoms with van der Waals surface area (Å²) in [5.74, 6) is 0.357. The zero-order valence-corrected chi connectivity index (χ0v) is 15.1. The van der Waals surface area contributed by atoms with Crippen LogP contribution in [0.1, 0.15) is 17.3 Å². The summed E-state index contributed by atoms with van der Waals surface area (Å²) in [6.07, 6.45) is -0.652. The van der Waals surface area contributed by atoms with Crippen molar-refractivity contribution < 1.29 is 9.53 Å². The van der Waals surface area contributed by atoms with Crippen molar-refractivity contribution in [2.75, 3.05) is 0 Å². The maximum absolute atomic E-state index is 12.4. The zero-order chi connectivity index (χ0) is 17.8. The Bertz CT molecular complexity index is 874. The largest absolute Gasteiger partial charge is 0.481 e. The normalized spacial score (nSPS) is 11.8. The Hall–Kier alpha value is -2.29. The van der Waals surface area contributed by atoms with Crippen LogP contribution < -0.4 is 4.74 Å². The van der Waals surface area contributed by atoms with E-state index in [0.717, 1.165) is 11.1 Å². The molecule has 0 aliphatic rings. The van der Waals surface area contributed by atoms with Crippen molar-refractivity contribution in [2.45, 2.75) is 13.0 Å². The van der Waals surface area contributed by atoms with Gasteiger partial charge >= 0.3 is 0 Å². The molecule has 4 heteroatoms. The van der Waals surface area contributed by atoms with Crippen molar-refractivity contribution >= 4 is 29.0 Å². The van der Waals surface area contributed by atoms with Crippen molar-refractivity contribution in [2.24, 2.45) is 0 Å². The monoisotopic (exact) mass is 370 g/mol. The van der Waals surface area contributed by atoms with Gasteiger partial charge in [-0.15, -0.1) is 0 Å². The van der Waals surface area contributed by atoms with E-state index in [9.17, 15) is 4.79 Å². The summed E-state index contributed by atoms with van der Waals surface area (Å²) < 4.78 is 5.77. The minimum Gasteiger partial charge on any atom is -0.481 e. The number of ketones is 1. The minimum absolute atomic E-state index is 0.125. The van der Waals surface area contributed by atoms with Crippen LogP contribution in [0.5, 0.6) is 5.75 Å². The average molecular weight is 371 g/mol. The van der Waals surface area contributed by atoms with Crippen LogP contribution in [0.25, 0.3) is 11.1 Å². The van der Waals surface area contributed by atoms with E-state index in [1.54, 1.807) is 37.3 Å². The Morgan fingerprint density at radius 1 is 0.880 bits per heavy atom. The van der Waals surface area contributed by atoms with Gasteiger partial charge in [-0.1, -0.05) is 59.6 Å². The molecular formula is C21H16Cl2O2. The van der Waals surface area contributed by atoms with Crippen molar-refractivity contribution in [3.05, 3.63) is 88.4 Å².